The summed E-state index contributed by atoms with van der Waals surface area (Å²) in [4.78, 5) is 11.3. The van der Waals surface area contributed by atoms with Crippen molar-refractivity contribution in [3.05, 3.63) is 95.6 Å². The molecule has 0 saturated carbocycles. The van der Waals surface area contributed by atoms with E-state index in [-0.39, 0.29) is 16.5 Å². The van der Waals surface area contributed by atoms with Crippen molar-refractivity contribution in [2.75, 3.05) is 5.32 Å². The van der Waals surface area contributed by atoms with Crippen LogP contribution in [0.25, 0.3) is 0 Å². The summed E-state index contributed by atoms with van der Waals surface area (Å²) >= 11 is 0. The Morgan fingerprint density at radius 2 is 1.37 bits per heavy atom. The number of nitrogens with one attached hydrogen (secondary N) is 2. The van der Waals surface area contributed by atoms with Crippen molar-refractivity contribution in [1.82, 2.24) is 4.72 Å². The Kier molecular flexibility index (Phi) is 6.54. The molecule has 6 nitrogen and oxygen atoms in total. The summed E-state index contributed by atoms with van der Waals surface area (Å²) in [5, 5.41) is 12.5. The van der Waals surface area contributed by atoms with Crippen molar-refractivity contribution in [2.24, 2.45) is 0 Å². The Bertz CT molecular complexity index is 1120. The Balaban J connectivity index is 1.96. The van der Waals surface area contributed by atoms with Gasteiger partial charge in [0.05, 0.1) is 11.3 Å². The predicted octanol–water partition coefficient (Wildman–Crippen LogP) is 4.60. The molecule has 0 radical (unpaired) electrons. The highest BCUT2D eigenvalue weighted by Gasteiger charge is 2.24. The van der Waals surface area contributed by atoms with Crippen LogP contribution in [0.3, 0.4) is 0 Å². The fourth-order valence-corrected chi connectivity index (χ4v) is 4.59. The summed E-state index contributed by atoms with van der Waals surface area (Å²) in [5.41, 5.74) is 2.03. The van der Waals surface area contributed by atoms with E-state index in [1.54, 1.807) is 6.92 Å². The quantitative estimate of drug-likeness (QED) is 0.491. The molecule has 7 heteroatoms. The monoisotopic (exact) mass is 424 g/mol. The van der Waals surface area contributed by atoms with Crippen LogP contribution in [-0.4, -0.2) is 19.5 Å². The summed E-state index contributed by atoms with van der Waals surface area (Å²) in [6, 6.07) is 22.2. The molecule has 0 aliphatic heterocycles. The SMILES string of the molecule is C[C@@H](Nc1ccc(C(=O)O)cc1S(=O)(=O)N[C@H](C)c1ccccc1)c1ccccc1. The van der Waals surface area contributed by atoms with E-state index in [0.29, 0.717) is 5.69 Å². The third-order valence-electron chi connectivity index (χ3n) is 4.82. The van der Waals surface area contributed by atoms with Gasteiger partial charge in [-0.1, -0.05) is 60.7 Å². The molecule has 156 valence electrons. The van der Waals surface area contributed by atoms with Gasteiger partial charge < -0.3 is 10.4 Å². The maximum Gasteiger partial charge on any atom is 0.335 e. The van der Waals surface area contributed by atoms with Crippen molar-refractivity contribution in [1.29, 1.82) is 0 Å². The standard InChI is InChI=1S/C23H24N2O4S/c1-16(18-9-5-3-6-10-18)24-21-14-13-20(23(26)27)15-22(21)30(28,29)25-17(2)19-11-7-4-8-12-19/h3-17,24-25H,1-2H3,(H,26,27)/t16-,17-/m1/s1. The second kappa shape index (κ2) is 9.11. The van der Waals surface area contributed by atoms with E-state index in [9.17, 15) is 18.3 Å². The molecule has 0 heterocycles. The van der Waals surface area contributed by atoms with Crippen LogP contribution < -0.4 is 10.0 Å². The van der Waals surface area contributed by atoms with E-state index >= 15 is 0 Å². The van der Waals surface area contributed by atoms with Crippen LogP contribution in [0.4, 0.5) is 5.69 Å². The van der Waals surface area contributed by atoms with Gasteiger partial charge in [-0.3, -0.25) is 0 Å². The van der Waals surface area contributed by atoms with Crippen molar-refractivity contribution in [3.8, 4) is 0 Å². The number of benzene rings is 3. The topological polar surface area (TPSA) is 95.5 Å². The number of hydrogen-bond acceptors (Lipinski definition) is 4. The smallest absolute Gasteiger partial charge is 0.335 e. The molecule has 0 spiro atoms. The highest BCUT2D eigenvalue weighted by molar-refractivity contribution is 7.89. The highest BCUT2D eigenvalue weighted by atomic mass is 32.2. The molecule has 3 rings (SSSR count). The van der Waals surface area contributed by atoms with Crippen LogP contribution >= 0.6 is 0 Å². The predicted molar refractivity (Wildman–Crippen MR) is 117 cm³/mol. The first-order chi connectivity index (χ1) is 14.3. The van der Waals surface area contributed by atoms with Crippen molar-refractivity contribution in [2.45, 2.75) is 30.8 Å². The summed E-state index contributed by atoms with van der Waals surface area (Å²) in [6.07, 6.45) is 0. The zero-order valence-electron chi connectivity index (χ0n) is 16.7. The molecule has 0 unspecified atom stereocenters. The molecule has 30 heavy (non-hydrogen) atoms. The number of anilines is 1. The minimum Gasteiger partial charge on any atom is -0.478 e. The molecule has 0 aromatic heterocycles. The van der Waals surface area contributed by atoms with Gasteiger partial charge in [-0.25, -0.2) is 17.9 Å². The minimum atomic E-state index is -4.00. The van der Waals surface area contributed by atoms with Gasteiger partial charge in [-0.05, 0) is 43.2 Å². The first-order valence-corrected chi connectivity index (χ1v) is 11.0. The summed E-state index contributed by atoms with van der Waals surface area (Å²) < 4.78 is 29.0. The maximum atomic E-state index is 13.2. The fourth-order valence-electron chi connectivity index (χ4n) is 3.16. The zero-order valence-corrected chi connectivity index (χ0v) is 17.6. The molecular weight excluding hydrogens is 400 g/mol. The van der Waals surface area contributed by atoms with E-state index in [1.165, 1.54) is 18.2 Å². The molecule has 0 saturated heterocycles. The first kappa shape index (κ1) is 21.5. The Morgan fingerprint density at radius 3 is 1.90 bits per heavy atom. The maximum absolute atomic E-state index is 13.2. The van der Waals surface area contributed by atoms with Gasteiger partial charge in [-0.15, -0.1) is 0 Å². The summed E-state index contributed by atoms with van der Waals surface area (Å²) in [6.45, 7) is 3.66. The average molecular weight is 425 g/mol. The van der Waals surface area contributed by atoms with Crippen molar-refractivity contribution in [3.63, 3.8) is 0 Å². The molecule has 2 atom stereocenters. The average Bonchev–Trinajstić information content (AvgIpc) is 2.74. The molecule has 3 aromatic rings. The molecule has 0 amide bonds. The molecule has 3 N–H and O–H groups in total. The van der Waals surface area contributed by atoms with Crippen molar-refractivity contribution < 1.29 is 18.3 Å². The van der Waals surface area contributed by atoms with Gasteiger partial charge in [0.15, 0.2) is 0 Å². The fraction of sp³-hybridized carbons (Fsp3) is 0.174. The third kappa shape index (κ3) is 5.06. The lowest BCUT2D eigenvalue weighted by molar-refractivity contribution is 0.0696. The van der Waals surface area contributed by atoms with E-state index in [0.717, 1.165) is 11.1 Å². The number of carboxylic acids is 1. The second-order valence-electron chi connectivity index (χ2n) is 7.05. The zero-order chi connectivity index (χ0) is 21.7. The second-order valence-corrected chi connectivity index (χ2v) is 8.73. The molecule has 0 bridgehead atoms. The number of aromatic carboxylic acids is 1. The number of rotatable bonds is 8. The number of hydrogen-bond donors (Lipinski definition) is 3. The first-order valence-electron chi connectivity index (χ1n) is 9.54. The highest BCUT2D eigenvalue weighted by Crippen LogP contribution is 2.28. The van der Waals surface area contributed by atoms with E-state index in [4.69, 9.17) is 0 Å². The molecule has 0 aliphatic carbocycles. The largest absolute Gasteiger partial charge is 0.478 e. The van der Waals surface area contributed by atoms with Gasteiger partial charge in [-0.2, -0.15) is 0 Å². The summed E-state index contributed by atoms with van der Waals surface area (Å²) in [7, 11) is -4.00. The van der Waals surface area contributed by atoms with Crippen LogP contribution in [0, 0.1) is 0 Å². The van der Waals surface area contributed by atoms with E-state index < -0.39 is 22.0 Å². The molecule has 0 aliphatic rings. The Morgan fingerprint density at radius 1 is 0.833 bits per heavy atom. The summed E-state index contributed by atoms with van der Waals surface area (Å²) in [5.74, 6) is -1.19. The van der Waals surface area contributed by atoms with E-state index in [2.05, 4.69) is 10.0 Å². The van der Waals surface area contributed by atoms with Gasteiger partial charge >= 0.3 is 5.97 Å². The molecular formula is C23H24N2O4S. The third-order valence-corrected chi connectivity index (χ3v) is 6.40. The lowest BCUT2D eigenvalue weighted by Crippen LogP contribution is -2.28. The Labute approximate surface area is 176 Å². The van der Waals surface area contributed by atoms with E-state index in [1.807, 2.05) is 67.6 Å². The van der Waals surface area contributed by atoms with Crippen LogP contribution in [-0.2, 0) is 10.0 Å². The minimum absolute atomic E-state index is 0.0966. The number of carboxylic acid groups (broad SMARTS) is 1. The normalized spacial score (nSPS) is 13.4. The number of sulfonamides is 1. The molecule has 0 fully saturated rings. The lowest BCUT2D eigenvalue weighted by atomic mass is 10.1. The van der Waals surface area contributed by atoms with Crippen LogP contribution in [0.1, 0.15) is 47.4 Å². The molecule has 3 aromatic carbocycles. The van der Waals surface area contributed by atoms with Gasteiger partial charge in [0.25, 0.3) is 0 Å². The van der Waals surface area contributed by atoms with Gasteiger partial charge in [0, 0.05) is 12.1 Å². The number of carbonyl (C=O) groups is 1. The van der Waals surface area contributed by atoms with Crippen LogP contribution in [0.15, 0.2) is 83.8 Å². The van der Waals surface area contributed by atoms with Crippen LogP contribution in [0.2, 0.25) is 0 Å². The van der Waals surface area contributed by atoms with Gasteiger partial charge in [0.2, 0.25) is 10.0 Å². The van der Waals surface area contributed by atoms with Gasteiger partial charge in [0.1, 0.15) is 4.90 Å². The Hall–Kier alpha value is -3.16. The lowest BCUT2D eigenvalue weighted by Gasteiger charge is -2.21. The van der Waals surface area contributed by atoms with Crippen LogP contribution in [0.5, 0.6) is 0 Å². The van der Waals surface area contributed by atoms with Crippen molar-refractivity contribution >= 4 is 21.7 Å².